The largest absolute Gasteiger partial charge is 0.451 e. The third kappa shape index (κ3) is 4.43. The number of aromatic nitrogens is 2. The summed E-state index contributed by atoms with van der Waals surface area (Å²) in [6.07, 6.45) is 3.34. The Morgan fingerprint density at radius 1 is 1.11 bits per heavy atom. The topological polar surface area (TPSA) is 73.2 Å². The first kappa shape index (κ1) is 19.7. The highest BCUT2D eigenvalue weighted by atomic mass is 32.2. The molecular formula is C21H21N3O3S. The first-order valence-corrected chi connectivity index (χ1v) is 9.93. The number of hydrogen-bond donors (Lipinski definition) is 1. The van der Waals surface area contributed by atoms with Gasteiger partial charge < -0.3 is 10.1 Å². The van der Waals surface area contributed by atoms with Crippen LogP contribution in [0.5, 0.6) is 0 Å². The second-order valence-electron chi connectivity index (χ2n) is 6.22. The minimum absolute atomic E-state index is 0.273. The van der Waals surface area contributed by atoms with Crippen LogP contribution in [0, 0.1) is 13.8 Å². The molecule has 144 valence electrons. The Bertz CT molecular complexity index is 999. The Morgan fingerprint density at radius 3 is 2.54 bits per heavy atom. The monoisotopic (exact) mass is 395 g/mol. The van der Waals surface area contributed by atoms with E-state index in [2.05, 4.69) is 10.3 Å². The molecule has 0 aliphatic rings. The maximum atomic E-state index is 12.6. The lowest BCUT2D eigenvalue weighted by molar-refractivity contribution is -0.119. The number of benzene rings is 2. The van der Waals surface area contributed by atoms with Gasteiger partial charge in [-0.3, -0.25) is 9.36 Å². The Morgan fingerprint density at radius 2 is 1.86 bits per heavy atom. The van der Waals surface area contributed by atoms with Crippen molar-refractivity contribution in [1.29, 1.82) is 0 Å². The van der Waals surface area contributed by atoms with Gasteiger partial charge in [0.2, 0.25) is 0 Å². The number of rotatable bonds is 6. The van der Waals surface area contributed by atoms with Gasteiger partial charge in [0.15, 0.2) is 17.5 Å². The molecule has 0 bridgehead atoms. The molecule has 3 aromatic rings. The molecule has 28 heavy (non-hydrogen) atoms. The summed E-state index contributed by atoms with van der Waals surface area (Å²) in [6.45, 7) is 3.60. The summed E-state index contributed by atoms with van der Waals surface area (Å²) in [4.78, 5) is 29.0. The summed E-state index contributed by atoms with van der Waals surface area (Å²) in [7, 11) is 0. The van der Waals surface area contributed by atoms with Crippen LogP contribution in [-0.4, -0.2) is 34.3 Å². The van der Waals surface area contributed by atoms with Crippen molar-refractivity contribution in [3.05, 3.63) is 71.5 Å². The van der Waals surface area contributed by atoms with Crippen molar-refractivity contribution < 1.29 is 14.3 Å². The number of hydrogen-bond acceptors (Lipinski definition) is 5. The molecule has 1 N–H and O–H groups in total. The average Bonchev–Trinajstić information content (AvgIpc) is 3.14. The van der Waals surface area contributed by atoms with E-state index in [9.17, 15) is 9.59 Å². The van der Waals surface area contributed by atoms with Gasteiger partial charge in [-0.25, -0.2) is 9.78 Å². The standard InChI is InChI=1S/C21H21N3O3S/c1-14-9-10-16(11-15(14)2)23-19(25)13-27-20(26)18-12-22-21(28-3)24(18)17-7-5-4-6-8-17/h4-12H,13H2,1-3H3,(H,23,25). The lowest BCUT2D eigenvalue weighted by Gasteiger charge is -2.11. The molecule has 0 radical (unpaired) electrons. The van der Waals surface area contributed by atoms with Crippen molar-refractivity contribution in [2.75, 3.05) is 18.2 Å². The van der Waals surface area contributed by atoms with Gasteiger partial charge in [0.1, 0.15) is 0 Å². The highest BCUT2D eigenvalue weighted by Gasteiger charge is 2.20. The van der Waals surface area contributed by atoms with E-state index in [-0.39, 0.29) is 12.3 Å². The third-order valence-electron chi connectivity index (χ3n) is 4.26. The number of anilines is 1. The number of thioether (sulfide) groups is 1. The lowest BCUT2D eigenvalue weighted by atomic mass is 10.1. The SMILES string of the molecule is CSc1ncc(C(=O)OCC(=O)Nc2ccc(C)c(C)c2)n1-c1ccccc1. The zero-order valence-electron chi connectivity index (χ0n) is 15.9. The molecule has 0 saturated heterocycles. The van der Waals surface area contributed by atoms with Crippen molar-refractivity contribution in [2.24, 2.45) is 0 Å². The maximum absolute atomic E-state index is 12.6. The smallest absolute Gasteiger partial charge is 0.357 e. The van der Waals surface area contributed by atoms with Crippen molar-refractivity contribution in [1.82, 2.24) is 9.55 Å². The zero-order valence-corrected chi connectivity index (χ0v) is 16.7. The number of esters is 1. The Kier molecular flexibility index (Phi) is 6.16. The Hall–Kier alpha value is -3.06. The predicted molar refractivity (Wildman–Crippen MR) is 110 cm³/mol. The normalized spacial score (nSPS) is 10.5. The molecule has 1 heterocycles. The fourth-order valence-electron chi connectivity index (χ4n) is 2.67. The fraction of sp³-hybridized carbons (Fsp3) is 0.190. The zero-order chi connectivity index (χ0) is 20.1. The van der Waals surface area contributed by atoms with Crippen molar-refractivity contribution in [2.45, 2.75) is 19.0 Å². The molecule has 0 fully saturated rings. The van der Waals surface area contributed by atoms with Gasteiger partial charge in [0.05, 0.1) is 6.20 Å². The third-order valence-corrected chi connectivity index (χ3v) is 4.91. The van der Waals surface area contributed by atoms with Crippen molar-refractivity contribution >= 4 is 29.3 Å². The summed E-state index contributed by atoms with van der Waals surface area (Å²) in [5, 5.41) is 3.40. The van der Waals surface area contributed by atoms with Crippen LogP contribution in [0.4, 0.5) is 5.69 Å². The molecule has 0 atom stereocenters. The van der Waals surface area contributed by atoms with Gasteiger partial charge in [-0.15, -0.1) is 0 Å². The molecule has 0 spiro atoms. The number of ether oxygens (including phenoxy) is 1. The molecule has 1 aromatic heterocycles. The molecule has 1 amide bonds. The number of nitrogens with zero attached hydrogens (tertiary/aromatic N) is 2. The van der Waals surface area contributed by atoms with Crippen LogP contribution in [0.15, 0.2) is 59.9 Å². The van der Waals surface area contributed by atoms with Crippen LogP contribution < -0.4 is 5.32 Å². The van der Waals surface area contributed by atoms with Gasteiger partial charge in [-0.2, -0.15) is 0 Å². The van der Waals surface area contributed by atoms with E-state index in [1.54, 1.807) is 4.57 Å². The minimum atomic E-state index is -0.605. The van der Waals surface area contributed by atoms with Crippen LogP contribution in [0.3, 0.4) is 0 Å². The molecule has 7 heteroatoms. The lowest BCUT2D eigenvalue weighted by Crippen LogP contribution is -2.22. The number of para-hydroxylation sites is 1. The van der Waals surface area contributed by atoms with E-state index >= 15 is 0 Å². The highest BCUT2D eigenvalue weighted by molar-refractivity contribution is 7.98. The quantitative estimate of drug-likeness (QED) is 0.504. The minimum Gasteiger partial charge on any atom is -0.451 e. The van der Waals surface area contributed by atoms with Crippen LogP contribution >= 0.6 is 11.8 Å². The molecule has 0 aliphatic heterocycles. The second-order valence-corrected chi connectivity index (χ2v) is 7.00. The first-order valence-electron chi connectivity index (χ1n) is 8.71. The molecule has 0 aliphatic carbocycles. The van der Waals surface area contributed by atoms with Gasteiger partial charge in [-0.05, 0) is 55.5 Å². The van der Waals surface area contributed by atoms with Crippen molar-refractivity contribution in [3.8, 4) is 5.69 Å². The Labute approximate surface area is 167 Å². The molecule has 6 nitrogen and oxygen atoms in total. The molecule has 0 unspecified atom stereocenters. The fourth-order valence-corrected chi connectivity index (χ4v) is 3.22. The maximum Gasteiger partial charge on any atom is 0.357 e. The molecule has 3 rings (SSSR count). The van der Waals surface area contributed by atoms with E-state index in [4.69, 9.17) is 4.74 Å². The van der Waals surface area contributed by atoms with E-state index in [0.717, 1.165) is 16.8 Å². The van der Waals surface area contributed by atoms with Crippen LogP contribution in [0.1, 0.15) is 21.6 Å². The summed E-state index contributed by atoms with van der Waals surface area (Å²) < 4.78 is 6.93. The molecule has 2 aromatic carbocycles. The number of imidazole rings is 1. The van der Waals surface area contributed by atoms with Crippen molar-refractivity contribution in [3.63, 3.8) is 0 Å². The number of carbonyl (C=O) groups excluding carboxylic acids is 2. The van der Waals surface area contributed by atoms with Crippen LogP contribution in [-0.2, 0) is 9.53 Å². The van der Waals surface area contributed by atoms with Gasteiger partial charge in [0, 0.05) is 11.4 Å². The number of amides is 1. The van der Waals surface area contributed by atoms with Gasteiger partial charge in [-0.1, -0.05) is 36.0 Å². The average molecular weight is 395 g/mol. The van der Waals surface area contributed by atoms with E-state index in [0.29, 0.717) is 10.8 Å². The Balaban J connectivity index is 1.69. The summed E-state index contributed by atoms with van der Waals surface area (Å²) in [6, 6.07) is 15.0. The summed E-state index contributed by atoms with van der Waals surface area (Å²) in [5.74, 6) is -1.00. The molecule has 0 saturated carbocycles. The molecular weight excluding hydrogens is 374 g/mol. The number of aryl methyl sites for hydroxylation is 2. The predicted octanol–water partition coefficient (Wildman–Crippen LogP) is 4.01. The first-order chi connectivity index (χ1) is 13.5. The summed E-state index contributed by atoms with van der Waals surface area (Å²) >= 11 is 1.42. The number of carbonyl (C=O) groups is 2. The van der Waals surface area contributed by atoms with E-state index in [1.807, 2.05) is 68.6 Å². The highest BCUT2D eigenvalue weighted by Crippen LogP contribution is 2.22. The van der Waals surface area contributed by atoms with Gasteiger partial charge in [0.25, 0.3) is 5.91 Å². The van der Waals surface area contributed by atoms with E-state index in [1.165, 1.54) is 18.0 Å². The summed E-state index contributed by atoms with van der Waals surface area (Å²) in [5.41, 5.74) is 3.96. The second kappa shape index (κ2) is 8.75. The van der Waals surface area contributed by atoms with Crippen LogP contribution in [0.25, 0.3) is 5.69 Å². The van der Waals surface area contributed by atoms with Gasteiger partial charge >= 0.3 is 5.97 Å². The number of nitrogens with one attached hydrogen (secondary N) is 1. The van der Waals surface area contributed by atoms with Crippen LogP contribution in [0.2, 0.25) is 0 Å². The van der Waals surface area contributed by atoms with E-state index < -0.39 is 11.9 Å².